The lowest BCUT2D eigenvalue weighted by atomic mass is 9.86. The van der Waals surface area contributed by atoms with Gasteiger partial charge in [0.15, 0.2) is 0 Å². The number of hydrogen-bond acceptors (Lipinski definition) is 4. The summed E-state index contributed by atoms with van der Waals surface area (Å²) in [6.45, 7) is 5.71. The van der Waals surface area contributed by atoms with E-state index in [0.29, 0.717) is 29.8 Å². The highest BCUT2D eigenvalue weighted by atomic mass is 35.5. The van der Waals surface area contributed by atoms with Crippen LogP contribution in [0.5, 0.6) is 0 Å². The Labute approximate surface area is 173 Å². The van der Waals surface area contributed by atoms with E-state index in [0.717, 1.165) is 13.0 Å². The zero-order chi connectivity index (χ0) is 19.3. The molecule has 2 aromatic carbocycles. The summed E-state index contributed by atoms with van der Waals surface area (Å²) in [7, 11) is 0. The average molecular weight is 404 g/mol. The lowest BCUT2D eigenvalue weighted by Crippen LogP contribution is -2.39. The number of hydrogen-bond donors (Lipinski definition) is 1. The first kappa shape index (κ1) is 22.4. The molecule has 1 aliphatic heterocycles. The molecule has 5 heteroatoms. The van der Waals surface area contributed by atoms with Crippen molar-refractivity contribution in [2.24, 2.45) is 0 Å². The largest absolute Gasteiger partial charge is 0.463 e. The summed E-state index contributed by atoms with van der Waals surface area (Å²) in [5.74, 6) is -0.623. The Hall–Kier alpha value is -1.88. The number of carbonyl (C=O) groups excluding carboxylic acids is 1. The van der Waals surface area contributed by atoms with Crippen LogP contribution in [0.25, 0.3) is 0 Å². The molecule has 0 amide bonds. The number of halogens is 1. The molecule has 4 nitrogen and oxygen atoms in total. The normalized spacial score (nSPS) is 19.8. The summed E-state index contributed by atoms with van der Waals surface area (Å²) in [5, 5.41) is 11.3. The van der Waals surface area contributed by atoms with E-state index in [1.54, 1.807) is 24.3 Å². The van der Waals surface area contributed by atoms with E-state index >= 15 is 0 Å². The molecule has 1 fully saturated rings. The number of esters is 1. The Kier molecular flexibility index (Phi) is 8.05. The first-order chi connectivity index (χ1) is 13.0. The van der Waals surface area contributed by atoms with Crippen molar-refractivity contribution in [3.05, 3.63) is 71.8 Å². The van der Waals surface area contributed by atoms with Gasteiger partial charge in [0.05, 0.1) is 6.61 Å². The molecular weight excluding hydrogens is 374 g/mol. The molecule has 3 rings (SSSR count). The van der Waals surface area contributed by atoms with Crippen molar-refractivity contribution in [2.45, 2.75) is 50.8 Å². The first-order valence-corrected chi connectivity index (χ1v) is 9.80. The number of carbonyl (C=O) groups is 1. The topological polar surface area (TPSA) is 49.8 Å². The summed E-state index contributed by atoms with van der Waals surface area (Å²) in [5.41, 5.74) is -0.762. The van der Waals surface area contributed by atoms with Gasteiger partial charge >= 0.3 is 5.97 Å². The third kappa shape index (κ3) is 4.75. The van der Waals surface area contributed by atoms with E-state index in [-0.39, 0.29) is 12.4 Å². The summed E-state index contributed by atoms with van der Waals surface area (Å²) in [4.78, 5) is 15.4. The fraction of sp³-hybridized carbons (Fsp3) is 0.435. The highest BCUT2D eigenvalue weighted by Gasteiger charge is 2.41. The lowest BCUT2D eigenvalue weighted by Gasteiger charge is -2.28. The van der Waals surface area contributed by atoms with Gasteiger partial charge in [-0.3, -0.25) is 4.90 Å². The van der Waals surface area contributed by atoms with Gasteiger partial charge in [0, 0.05) is 18.6 Å². The third-order valence-corrected chi connectivity index (χ3v) is 5.61. The summed E-state index contributed by atoms with van der Waals surface area (Å²) >= 11 is 0. The molecule has 0 aliphatic carbocycles. The quantitative estimate of drug-likeness (QED) is 0.557. The molecule has 0 aromatic heterocycles. The highest BCUT2D eigenvalue weighted by Crippen LogP contribution is 2.31. The van der Waals surface area contributed by atoms with Crippen molar-refractivity contribution in [2.75, 3.05) is 13.2 Å². The van der Waals surface area contributed by atoms with Crippen LogP contribution in [-0.2, 0) is 15.1 Å². The van der Waals surface area contributed by atoms with Gasteiger partial charge in [-0.1, -0.05) is 60.7 Å². The molecule has 152 valence electrons. The van der Waals surface area contributed by atoms with Crippen LogP contribution in [0.1, 0.15) is 44.2 Å². The van der Waals surface area contributed by atoms with Crippen LogP contribution < -0.4 is 0 Å². The molecule has 0 spiro atoms. The maximum absolute atomic E-state index is 12.9. The van der Waals surface area contributed by atoms with Crippen LogP contribution in [-0.4, -0.2) is 41.2 Å². The van der Waals surface area contributed by atoms with Crippen LogP contribution in [0.15, 0.2) is 60.7 Å². The van der Waals surface area contributed by atoms with E-state index in [1.165, 1.54) is 12.8 Å². The predicted molar refractivity (Wildman–Crippen MR) is 114 cm³/mol. The number of ether oxygens (including phenoxy) is 1. The summed E-state index contributed by atoms with van der Waals surface area (Å²) < 4.78 is 5.53. The van der Waals surface area contributed by atoms with E-state index in [1.807, 2.05) is 36.4 Å². The number of rotatable bonds is 7. The molecule has 2 aromatic rings. The molecule has 2 atom stereocenters. The molecule has 2 unspecified atom stereocenters. The van der Waals surface area contributed by atoms with Crippen LogP contribution in [0, 0.1) is 0 Å². The SMILES string of the molecule is CC1CCC(C)N1CCCOC(=O)C(O)(c1ccccc1)c1ccccc1.Cl. The van der Waals surface area contributed by atoms with Gasteiger partial charge in [-0.05, 0) is 44.2 Å². The van der Waals surface area contributed by atoms with E-state index in [2.05, 4.69) is 18.7 Å². The van der Waals surface area contributed by atoms with Crippen molar-refractivity contribution in [3.8, 4) is 0 Å². The van der Waals surface area contributed by atoms with Crippen LogP contribution in [0.2, 0.25) is 0 Å². The minimum atomic E-state index is -1.79. The van der Waals surface area contributed by atoms with Crippen LogP contribution in [0.4, 0.5) is 0 Å². The monoisotopic (exact) mass is 403 g/mol. The van der Waals surface area contributed by atoms with Gasteiger partial charge in [-0.25, -0.2) is 4.79 Å². The fourth-order valence-corrected chi connectivity index (χ4v) is 3.97. The molecule has 1 aliphatic rings. The zero-order valence-electron chi connectivity index (χ0n) is 16.6. The maximum Gasteiger partial charge on any atom is 0.347 e. The van der Waals surface area contributed by atoms with Crippen molar-refractivity contribution in [1.29, 1.82) is 0 Å². The number of aliphatic hydroxyl groups is 1. The minimum absolute atomic E-state index is 0. The second kappa shape index (κ2) is 10.1. The molecule has 1 saturated heterocycles. The number of nitrogens with zero attached hydrogens (tertiary/aromatic N) is 1. The Bertz CT molecular complexity index is 689. The van der Waals surface area contributed by atoms with Crippen molar-refractivity contribution < 1.29 is 14.6 Å². The van der Waals surface area contributed by atoms with E-state index in [4.69, 9.17) is 4.74 Å². The number of benzene rings is 2. The van der Waals surface area contributed by atoms with Crippen molar-refractivity contribution in [3.63, 3.8) is 0 Å². The summed E-state index contributed by atoms with van der Waals surface area (Å²) in [6, 6.07) is 19.1. The number of likely N-dealkylation sites (tertiary alicyclic amines) is 1. The molecule has 0 radical (unpaired) electrons. The molecule has 0 saturated carbocycles. The molecule has 0 bridgehead atoms. The van der Waals surface area contributed by atoms with Gasteiger partial charge in [0.2, 0.25) is 5.60 Å². The Morgan fingerprint density at radius 2 is 1.46 bits per heavy atom. The predicted octanol–water partition coefficient (Wildman–Crippen LogP) is 4.15. The molecule has 28 heavy (non-hydrogen) atoms. The zero-order valence-corrected chi connectivity index (χ0v) is 17.4. The standard InChI is InChI=1S/C23H29NO3.ClH/c1-18-14-15-19(2)24(18)16-9-17-27-22(25)23(26,20-10-5-3-6-11-20)21-12-7-4-8-13-21;/h3-8,10-13,18-19,26H,9,14-17H2,1-2H3;1H. The van der Waals surface area contributed by atoms with E-state index < -0.39 is 11.6 Å². The van der Waals surface area contributed by atoms with Gasteiger partial charge in [-0.2, -0.15) is 0 Å². The average Bonchev–Trinajstić information content (AvgIpc) is 3.03. The van der Waals surface area contributed by atoms with Gasteiger partial charge < -0.3 is 9.84 Å². The van der Waals surface area contributed by atoms with Gasteiger partial charge in [0.1, 0.15) is 0 Å². The first-order valence-electron chi connectivity index (χ1n) is 9.80. The maximum atomic E-state index is 12.9. The molecular formula is C23H30ClNO3. The second-order valence-electron chi connectivity index (χ2n) is 7.45. The molecule has 1 heterocycles. The highest BCUT2D eigenvalue weighted by molar-refractivity contribution is 5.85. The Morgan fingerprint density at radius 3 is 1.93 bits per heavy atom. The minimum Gasteiger partial charge on any atom is -0.463 e. The Balaban J connectivity index is 0.00000280. The van der Waals surface area contributed by atoms with Crippen molar-refractivity contribution in [1.82, 2.24) is 4.90 Å². The third-order valence-electron chi connectivity index (χ3n) is 5.61. The van der Waals surface area contributed by atoms with Gasteiger partial charge in [0.25, 0.3) is 0 Å². The van der Waals surface area contributed by atoms with Crippen LogP contribution in [0.3, 0.4) is 0 Å². The van der Waals surface area contributed by atoms with Crippen molar-refractivity contribution >= 4 is 18.4 Å². The van der Waals surface area contributed by atoms with E-state index in [9.17, 15) is 9.90 Å². The smallest absolute Gasteiger partial charge is 0.347 e. The summed E-state index contributed by atoms with van der Waals surface area (Å²) in [6.07, 6.45) is 3.21. The Morgan fingerprint density at radius 1 is 1.00 bits per heavy atom. The van der Waals surface area contributed by atoms with Gasteiger partial charge in [-0.15, -0.1) is 12.4 Å². The fourth-order valence-electron chi connectivity index (χ4n) is 3.97. The second-order valence-corrected chi connectivity index (χ2v) is 7.45. The lowest BCUT2D eigenvalue weighted by molar-refractivity contribution is -0.162. The van der Waals surface area contributed by atoms with Crippen LogP contribution >= 0.6 is 12.4 Å². The molecule has 1 N–H and O–H groups in total.